The summed E-state index contributed by atoms with van der Waals surface area (Å²) < 4.78 is 11.1. The highest BCUT2D eigenvalue weighted by molar-refractivity contribution is 4.78. The van der Waals surface area contributed by atoms with Crippen molar-refractivity contribution in [3.05, 3.63) is 0 Å². The van der Waals surface area contributed by atoms with Crippen LogP contribution in [0.15, 0.2) is 0 Å². The molecule has 18 heavy (non-hydrogen) atoms. The van der Waals surface area contributed by atoms with E-state index in [9.17, 15) is 0 Å². The van der Waals surface area contributed by atoms with Gasteiger partial charge in [0.15, 0.2) is 0 Å². The lowest BCUT2D eigenvalue weighted by atomic mass is 10.1. The maximum Gasteiger partial charge on any atom is 0.0678 e. The maximum atomic E-state index is 5.76. The summed E-state index contributed by atoms with van der Waals surface area (Å²) in [4.78, 5) is 2.52. The summed E-state index contributed by atoms with van der Waals surface area (Å²) in [5.74, 6) is 0. The first-order valence-electron chi connectivity index (χ1n) is 7.31. The van der Waals surface area contributed by atoms with E-state index in [0.717, 1.165) is 45.8 Å². The molecule has 0 aromatic carbocycles. The quantitative estimate of drug-likeness (QED) is 0.669. The number of nitrogens with zero attached hydrogens (tertiary/aromatic N) is 1. The third kappa shape index (κ3) is 6.14. The molecule has 4 heteroatoms. The second-order valence-corrected chi connectivity index (χ2v) is 5.31. The average Bonchev–Trinajstić information content (AvgIpc) is 2.32. The molecule has 1 saturated heterocycles. The Bertz CT molecular complexity index is 204. The van der Waals surface area contributed by atoms with Crippen molar-refractivity contribution >= 4 is 0 Å². The fraction of sp³-hybridized carbons (Fsp3) is 1.00. The van der Waals surface area contributed by atoms with Crippen molar-refractivity contribution in [3.8, 4) is 0 Å². The van der Waals surface area contributed by atoms with Gasteiger partial charge in [0.2, 0.25) is 0 Å². The molecule has 1 aliphatic heterocycles. The number of rotatable bonds is 8. The van der Waals surface area contributed by atoms with Gasteiger partial charge in [-0.25, -0.2) is 0 Å². The maximum absolute atomic E-state index is 5.76. The van der Waals surface area contributed by atoms with Crippen LogP contribution in [-0.4, -0.2) is 62.5 Å². The van der Waals surface area contributed by atoms with Crippen LogP contribution in [0, 0.1) is 0 Å². The Kier molecular flexibility index (Phi) is 7.82. The average molecular weight is 258 g/mol. The predicted molar refractivity (Wildman–Crippen MR) is 75.0 cm³/mol. The monoisotopic (exact) mass is 258 g/mol. The number of hydrogen-bond acceptors (Lipinski definition) is 4. The molecular formula is C14H30N2O2. The van der Waals surface area contributed by atoms with Crippen molar-refractivity contribution in [1.29, 1.82) is 0 Å². The molecule has 0 spiro atoms. The SMILES string of the molecule is CCOCCCNCC(C)N1C[C@@H](C)O[C@@H](C)C1. The largest absolute Gasteiger partial charge is 0.382 e. The molecule has 1 unspecified atom stereocenters. The van der Waals surface area contributed by atoms with E-state index in [2.05, 4.69) is 31.0 Å². The van der Waals surface area contributed by atoms with E-state index in [-0.39, 0.29) is 0 Å². The van der Waals surface area contributed by atoms with Crippen molar-refractivity contribution in [2.75, 3.05) is 39.4 Å². The lowest BCUT2D eigenvalue weighted by Gasteiger charge is -2.39. The summed E-state index contributed by atoms with van der Waals surface area (Å²) in [5, 5.41) is 3.51. The molecule has 0 radical (unpaired) electrons. The molecule has 3 atom stereocenters. The Morgan fingerprint density at radius 3 is 2.61 bits per heavy atom. The first kappa shape index (κ1) is 15.9. The molecule has 1 N–H and O–H groups in total. The van der Waals surface area contributed by atoms with Crippen LogP contribution in [0.4, 0.5) is 0 Å². The van der Waals surface area contributed by atoms with Crippen LogP contribution in [0.2, 0.25) is 0 Å². The van der Waals surface area contributed by atoms with Gasteiger partial charge in [0, 0.05) is 38.9 Å². The molecular weight excluding hydrogens is 228 g/mol. The van der Waals surface area contributed by atoms with Crippen molar-refractivity contribution in [2.24, 2.45) is 0 Å². The van der Waals surface area contributed by atoms with E-state index in [1.807, 2.05) is 6.92 Å². The van der Waals surface area contributed by atoms with Crippen LogP contribution in [0.25, 0.3) is 0 Å². The van der Waals surface area contributed by atoms with Gasteiger partial charge < -0.3 is 14.8 Å². The Morgan fingerprint density at radius 2 is 2.00 bits per heavy atom. The normalized spacial score (nSPS) is 27.3. The highest BCUT2D eigenvalue weighted by Gasteiger charge is 2.25. The van der Waals surface area contributed by atoms with Crippen molar-refractivity contribution < 1.29 is 9.47 Å². The van der Waals surface area contributed by atoms with Gasteiger partial charge in [-0.15, -0.1) is 0 Å². The van der Waals surface area contributed by atoms with E-state index in [1.54, 1.807) is 0 Å². The minimum atomic E-state index is 0.356. The first-order chi connectivity index (χ1) is 8.63. The Labute approximate surface area is 112 Å². The number of ether oxygens (including phenoxy) is 2. The Morgan fingerprint density at radius 1 is 1.33 bits per heavy atom. The molecule has 0 aliphatic carbocycles. The topological polar surface area (TPSA) is 33.7 Å². The highest BCUT2D eigenvalue weighted by atomic mass is 16.5. The smallest absolute Gasteiger partial charge is 0.0678 e. The fourth-order valence-corrected chi connectivity index (χ4v) is 2.46. The zero-order valence-electron chi connectivity index (χ0n) is 12.4. The summed E-state index contributed by atoms with van der Waals surface area (Å²) in [5.41, 5.74) is 0. The Hall–Kier alpha value is -0.160. The molecule has 108 valence electrons. The third-order valence-corrected chi connectivity index (χ3v) is 3.36. The minimum Gasteiger partial charge on any atom is -0.382 e. The van der Waals surface area contributed by atoms with Gasteiger partial charge in [-0.05, 0) is 40.7 Å². The molecule has 1 heterocycles. The van der Waals surface area contributed by atoms with Gasteiger partial charge in [-0.3, -0.25) is 4.90 Å². The van der Waals surface area contributed by atoms with Gasteiger partial charge >= 0.3 is 0 Å². The van der Waals surface area contributed by atoms with Gasteiger partial charge in [-0.2, -0.15) is 0 Å². The van der Waals surface area contributed by atoms with Crippen LogP contribution in [0.3, 0.4) is 0 Å². The van der Waals surface area contributed by atoms with Crippen LogP contribution in [0.1, 0.15) is 34.1 Å². The number of morpholine rings is 1. The van der Waals surface area contributed by atoms with E-state index < -0.39 is 0 Å². The highest BCUT2D eigenvalue weighted by Crippen LogP contribution is 2.13. The van der Waals surface area contributed by atoms with Gasteiger partial charge in [0.1, 0.15) is 0 Å². The fourth-order valence-electron chi connectivity index (χ4n) is 2.46. The lowest BCUT2D eigenvalue weighted by Crippen LogP contribution is -2.51. The van der Waals surface area contributed by atoms with Gasteiger partial charge in [-0.1, -0.05) is 0 Å². The van der Waals surface area contributed by atoms with Crippen molar-refractivity contribution in [2.45, 2.75) is 52.4 Å². The van der Waals surface area contributed by atoms with Crippen LogP contribution in [-0.2, 0) is 9.47 Å². The summed E-state index contributed by atoms with van der Waals surface area (Å²) in [6, 6.07) is 0.575. The Balaban J connectivity index is 2.10. The molecule has 0 aromatic heterocycles. The molecule has 0 bridgehead atoms. The zero-order chi connectivity index (χ0) is 13.4. The van der Waals surface area contributed by atoms with Crippen LogP contribution in [0.5, 0.6) is 0 Å². The number of hydrogen-bond donors (Lipinski definition) is 1. The zero-order valence-corrected chi connectivity index (χ0v) is 12.4. The molecule has 1 fully saturated rings. The van der Waals surface area contributed by atoms with Gasteiger partial charge in [0.25, 0.3) is 0 Å². The van der Waals surface area contributed by atoms with Gasteiger partial charge in [0.05, 0.1) is 12.2 Å². The summed E-state index contributed by atoms with van der Waals surface area (Å²) >= 11 is 0. The number of nitrogens with one attached hydrogen (secondary N) is 1. The molecule has 0 saturated carbocycles. The molecule has 1 rings (SSSR count). The van der Waals surface area contributed by atoms with E-state index in [0.29, 0.717) is 18.2 Å². The van der Waals surface area contributed by atoms with Crippen LogP contribution < -0.4 is 5.32 Å². The molecule has 0 aromatic rings. The summed E-state index contributed by atoms with van der Waals surface area (Å²) in [6.07, 6.45) is 1.81. The minimum absolute atomic E-state index is 0.356. The first-order valence-corrected chi connectivity index (χ1v) is 7.31. The van der Waals surface area contributed by atoms with E-state index >= 15 is 0 Å². The van der Waals surface area contributed by atoms with E-state index in [4.69, 9.17) is 9.47 Å². The summed E-state index contributed by atoms with van der Waals surface area (Å²) in [7, 11) is 0. The van der Waals surface area contributed by atoms with Crippen molar-refractivity contribution in [3.63, 3.8) is 0 Å². The molecule has 4 nitrogen and oxygen atoms in total. The third-order valence-electron chi connectivity index (χ3n) is 3.36. The standard InChI is InChI=1S/C14H30N2O2/c1-5-17-8-6-7-15-9-12(2)16-10-13(3)18-14(4)11-16/h12-15H,5-11H2,1-4H3/t12?,13-,14+. The van der Waals surface area contributed by atoms with Crippen LogP contribution >= 0.6 is 0 Å². The molecule has 1 aliphatic rings. The second kappa shape index (κ2) is 8.86. The molecule has 0 amide bonds. The predicted octanol–water partition coefficient (Wildman–Crippen LogP) is 1.50. The second-order valence-electron chi connectivity index (χ2n) is 5.31. The van der Waals surface area contributed by atoms with E-state index in [1.165, 1.54) is 0 Å². The summed E-state index contributed by atoms with van der Waals surface area (Å²) in [6.45, 7) is 14.5. The van der Waals surface area contributed by atoms with Crippen molar-refractivity contribution in [1.82, 2.24) is 10.2 Å². The lowest BCUT2D eigenvalue weighted by molar-refractivity contribution is -0.0780.